The van der Waals surface area contributed by atoms with Crippen molar-refractivity contribution in [3.8, 4) is 0 Å². The van der Waals surface area contributed by atoms with Crippen LogP contribution in [-0.4, -0.2) is 58.3 Å². The van der Waals surface area contributed by atoms with Crippen LogP contribution in [0.15, 0.2) is 35.5 Å². The molecular formula is C17H27N7. The fraction of sp³-hybridized carbons (Fsp3) is 0.529. The molecule has 7 nitrogen and oxygen atoms in total. The SMILES string of the molecule is C=C(N)/N=C(\C=C(/N)N1CCN(C)CC1)c1cn2c(n1)CCCC2. The van der Waals surface area contributed by atoms with E-state index < -0.39 is 0 Å². The zero-order chi connectivity index (χ0) is 17.1. The molecule has 24 heavy (non-hydrogen) atoms. The van der Waals surface area contributed by atoms with E-state index in [9.17, 15) is 0 Å². The lowest BCUT2D eigenvalue weighted by molar-refractivity contribution is 0.185. The first-order chi connectivity index (χ1) is 11.5. The van der Waals surface area contributed by atoms with E-state index in [0.717, 1.165) is 50.7 Å². The van der Waals surface area contributed by atoms with Crippen LogP contribution in [0, 0.1) is 0 Å². The number of rotatable bonds is 4. The molecule has 0 saturated carbocycles. The Hall–Kier alpha value is -2.28. The number of piperazine rings is 1. The summed E-state index contributed by atoms with van der Waals surface area (Å²) in [5, 5.41) is 0. The normalized spacial score (nSPS) is 20.1. The number of imidazole rings is 1. The Labute approximate surface area is 143 Å². The second-order valence-corrected chi connectivity index (χ2v) is 6.54. The Bertz CT molecular complexity index is 639. The van der Waals surface area contributed by atoms with Crippen molar-refractivity contribution in [2.24, 2.45) is 16.5 Å². The molecule has 0 atom stereocenters. The number of aliphatic imine (C=N–C) groups is 1. The average molecular weight is 329 g/mol. The smallest absolute Gasteiger partial charge is 0.116 e. The highest BCUT2D eigenvalue weighted by Gasteiger charge is 2.18. The third kappa shape index (κ3) is 3.79. The summed E-state index contributed by atoms with van der Waals surface area (Å²) in [5.41, 5.74) is 13.5. The maximum absolute atomic E-state index is 6.31. The minimum atomic E-state index is 0.262. The molecule has 1 aromatic rings. The van der Waals surface area contributed by atoms with Gasteiger partial charge in [0.25, 0.3) is 0 Å². The van der Waals surface area contributed by atoms with Gasteiger partial charge in [0, 0.05) is 51.4 Å². The quantitative estimate of drug-likeness (QED) is 0.785. The Balaban J connectivity index is 1.85. The third-order valence-electron chi connectivity index (χ3n) is 4.59. The number of nitrogens with two attached hydrogens (primary N) is 2. The van der Waals surface area contributed by atoms with E-state index in [4.69, 9.17) is 16.5 Å². The molecule has 3 rings (SSSR count). The van der Waals surface area contributed by atoms with Gasteiger partial charge in [-0.3, -0.25) is 0 Å². The fourth-order valence-electron chi connectivity index (χ4n) is 3.15. The van der Waals surface area contributed by atoms with Gasteiger partial charge in [0.2, 0.25) is 0 Å². The molecule has 130 valence electrons. The molecule has 0 aliphatic carbocycles. The van der Waals surface area contributed by atoms with E-state index in [0.29, 0.717) is 11.5 Å². The molecule has 0 amide bonds. The predicted molar refractivity (Wildman–Crippen MR) is 96.4 cm³/mol. The summed E-state index contributed by atoms with van der Waals surface area (Å²) in [7, 11) is 2.12. The number of allylic oxidation sites excluding steroid dienone is 1. The van der Waals surface area contributed by atoms with Crippen LogP contribution in [0.25, 0.3) is 0 Å². The lowest BCUT2D eigenvalue weighted by atomic mass is 10.2. The number of aromatic nitrogens is 2. The molecule has 0 bridgehead atoms. The van der Waals surface area contributed by atoms with Gasteiger partial charge in [0.1, 0.15) is 23.2 Å². The number of likely N-dealkylation sites (N-methyl/N-ethyl adjacent to an activating group) is 1. The summed E-state index contributed by atoms with van der Waals surface area (Å²) in [6.07, 6.45) is 7.31. The maximum atomic E-state index is 6.31. The minimum absolute atomic E-state index is 0.262. The van der Waals surface area contributed by atoms with Crippen LogP contribution in [0.5, 0.6) is 0 Å². The summed E-state index contributed by atoms with van der Waals surface area (Å²) < 4.78 is 2.20. The molecule has 1 aromatic heterocycles. The molecule has 2 aliphatic heterocycles. The van der Waals surface area contributed by atoms with Crippen molar-refractivity contribution < 1.29 is 0 Å². The van der Waals surface area contributed by atoms with Crippen molar-refractivity contribution >= 4 is 5.71 Å². The van der Waals surface area contributed by atoms with Gasteiger partial charge in [-0.05, 0) is 19.9 Å². The van der Waals surface area contributed by atoms with E-state index in [1.165, 1.54) is 12.8 Å². The molecule has 0 unspecified atom stereocenters. The van der Waals surface area contributed by atoms with Crippen LogP contribution in [0.2, 0.25) is 0 Å². The molecule has 4 N–H and O–H groups in total. The molecule has 7 heteroatoms. The zero-order valence-corrected chi connectivity index (χ0v) is 14.4. The van der Waals surface area contributed by atoms with E-state index in [1.807, 2.05) is 12.3 Å². The first-order valence-corrected chi connectivity index (χ1v) is 8.53. The monoisotopic (exact) mass is 329 g/mol. The van der Waals surface area contributed by atoms with E-state index in [1.54, 1.807) is 0 Å². The predicted octanol–water partition coefficient (Wildman–Crippen LogP) is 0.486. The third-order valence-corrected chi connectivity index (χ3v) is 4.59. The highest BCUT2D eigenvalue weighted by Crippen LogP contribution is 2.16. The van der Waals surface area contributed by atoms with Crippen LogP contribution in [0.4, 0.5) is 0 Å². The summed E-state index contributed by atoms with van der Waals surface area (Å²) in [6.45, 7) is 8.54. The lowest BCUT2D eigenvalue weighted by Gasteiger charge is -2.34. The van der Waals surface area contributed by atoms with Gasteiger partial charge >= 0.3 is 0 Å². The Morgan fingerprint density at radius 1 is 1.21 bits per heavy atom. The highest BCUT2D eigenvalue weighted by molar-refractivity contribution is 6.08. The summed E-state index contributed by atoms with van der Waals surface area (Å²) in [4.78, 5) is 13.6. The molecule has 1 saturated heterocycles. The van der Waals surface area contributed by atoms with Crippen molar-refractivity contribution in [3.05, 3.63) is 42.0 Å². The maximum Gasteiger partial charge on any atom is 0.116 e. The summed E-state index contributed by atoms with van der Waals surface area (Å²) >= 11 is 0. The van der Waals surface area contributed by atoms with Crippen molar-refractivity contribution in [3.63, 3.8) is 0 Å². The molecule has 3 heterocycles. The second-order valence-electron chi connectivity index (χ2n) is 6.54. The van der Waals surface area contributed by atoms with Gasteiger partial charge in [-0.1, -0.05) is 6.58 Å². The minimum Gasteiger partial charge on any atom is -0.385 e. The van der Waals surface area contributed by atoms with Crippen molar-refractivity contribution in [2.75, 3.05) is 33.2 Å². The lowest BCUT2D eigenvalue weighted by Crippen LogP contribution is -2.45. The van der Waals surface area contributed by atoms with E-state index in [2.05, 4.69) is 33.0 Å². The highest BCUT2D eigenvalue weighted by atomic mass is 15.3. The number of fused-ring (bicyclic) bond motifs is 1. The van der Waals surface area contributed by atoms with E-state index in [-0.39, 0.29) is 5.82 Å². The standard InChI is InChI=1S/C17H27N7/c1-13(18)20-14(11-16(19)23-9-7-22(2)8-10-23)15-12-24-6-4-3-5-17(24)21-15/h11-12H,1,3-10,18-19H2,2H3/b16-11+,20-14+. The second kappa shape index (κ2) is 7.09. The Kier molecular flexibility index (Phi) is 4.89. The summed E-state index contributed by atoms with van der Waals surface area (Å²) in [5.74, 6) is 2.07. The number of hydrogen-bond donors (Lipinski definition) is 2. The van der Waals surface area contributed by atoms with Gasteiger partial charge in [0.05, 0.1) is 5.71 Å². The summed E-state index contributed by atoms with van der Waals surface area (Å²) in [6, 6.07) is 0. The number of nitrogens with zero attached hydrogens (tertiary/aromatic N) is 5. The van der Waals surface area contributed by atoms with Gasteiger partial charge in [-0.25, -0.2) is 9.98 Å². The topological polar surface area (TPSA) is 88.7 Å². The number of hydrogen-bond acceptors (Lipinski definition) is 6. The van der Waals surface area contributed by atoms with E-state index >= 15 is 0 Å². The molecule has 2 aliphatic rings. The Morgan fingerprint density at radius 2 is 1.96 bits per heavy atom. The van der Waals surface area contributed by atoms with Crippen molar-refractivity contribution in [2.45, 2.75) is 25.8 Å². The number of aryl methyl sites for hydroxylation is 2. The zero-order valence-electron chi connectivity index (χ0n) is 14.4. The van der Waals surface area contributed by atoms with Gasteiger partial charge in [-0.2, -0.15) is 0 Å². The largest absolute Gasteiger partial charge is 0.385 e. The molecule has 0 radical (unpaired) electrons. The van der Waals surface area contributed by atoms with Crippen LogP contribution < -0.4 is 11.5 Å². The van der Waals surface area contributed by atoms with Crippen molar-refractivity contribution in [1.29, 1.82) is 0 Å². The van der Waals surface area contributed by atoms with Crippen LogP contribution >= 0.6 is 0 Å². The first-order valence-electron chi connectivity index (χ1n) is 8.53. The van der Waals surface area contributed by atoms with Gasteiger partial charge in [-0.15, -0.1) is 0 Å². The average Bonchev–Trinajstić information content (AvgIpc) is 2.98. The molecular weight excluding hydrogens is 302 g/mol. The molecule has 0 spiro atoms. The molecule has 0 aromatic carbocycles. The van der Waals surface area contributed by atoms with Gasteiger partial charge in [0.15, 0.2) is 0 Å². The fourth-order valence-corrected chi connectivity index (χ4v) is 3.15. The van der Waals surface area contributed by atoms with Gasteiger partial charge < -0.3 is 25.8 Å². The van der Waals surface area contributed by atoms with Crippen LogP contribution in [0.1, 0.15) is 24.4 Å². The van der Waals surface area contributed by atoms with Crippen molar-refractivity contribution in [1.82, 2.24) is 19.4 Å². The first kappa shape index (κ1) is 16.6. The van der Waals surface area contributed by atoms with Crippen LogP contribution in [-0.2, 0) is 13.0 Å². The molecule has 1 fully saturated rings. The Morgan fingerprint density at radius 3 is 2.62 bits per heavy atom. The van der Waals surface area contributed by atoms with Crippen LogP contribution in [0.3, 0.4) is 0 Å².